The molecule has 0 aromatic carbocycles. The average molecular weight is 406 g/mol. The van der Waals surface area contributed by atoms with Gasteiger partial charge in [0.15, 0.2) is 0 Å². The number of primary amides is 2. The maximum absolute atomic E-state index is 13.2. The normalized spacial score (nSPS) is 18.9. The van der Waals surface area contributed by atoms with Crippen molar-refractivity contribution in [2.24, 2.45) is 16.9 Å². The number of halogens is 1. The van der Waals surface area contributed by atoms with E-state index in [0.29, 0.717) is 19.5 Å². The monoisotopic (exact) mass is 405 g/mol. The van der Waals surface area contributed by atoms with Crippen LogP contribution in [-0.2, 0) is 19.2 Å². The van der Waals surface area contributed by atoms with Gasteiger partial charge < -0.3 is 26.6 Å². The fourth-order valence-electron chi connectivity index (χ4n) is 3.23. The van der Waals surface area contributed by atoms with E-state index in [1.807, 2.05) is 0 Å². The number of hydrogen-bond donors (Lipinski definition) is 3. The van der Waals surface area contributed by atoms with Crippen LogP contribution in [0.15, 0.2) is 0 Å². The second-order valence-corrected chi connectivity index (χ2v) is 7.46. The highest BCUT2D eigenvalue weighted by Crippen LogP contribution is 2.34. The molecule has 27 heavy (non-hydrogen) atoms. The molecule has 1 fully saturated rings. The van der Waals surface area contributed by atoms with Crippen LogP contribution >= 0.6 is 12.4 Å². The van der Waals surface area contributed by atoms with Crippen molar-refractivity contribution in [2.75, 3.05) is 26.2 Å². The molecule has 1 aliphatic heterocycles. The minimum atomic E-state index is -0.957. The first-order chi connectivity index (χ1) is 12.0. The van der Waals surface area contributed by atoms with Gasteiger partial charge in [-0.25, -0.2) is 0 Å². The molecule has 156 valence electrons. The lowest BCUT2D eigenvalue weighted by Crippen LogP contribution is -2.53. The molecule has 1 heterocycles. The van der Waals surface area contributed by atoms with E-state index in [-0.39, 0.29) is 55.8 Å². The van der Waals surface area contributed by atoms with Gasteiger partial charge in [0.1, 0.15) is 0 Å². The van der Waals surface area contributed by atoms with Gasteiger partial charge in [-0.1, -0.05) is 0 Å². The summed E-state index contributed by atoms with van der Waals surface area (Å²) in [6.07, 6.45) is 0.425. The molecule has 1 saturated heterocycles. The third kappa shape index (κ3) is 6.66. The van der Waals surface area contributed by atoms with Gasteiger partial charge in [0, 0.05) is 25.0 Å². The van der Waals surface area contributed by atoms with E-state index in [1.54, 1.807) is 27.7 Å². The van der Waals surface area contributed by atoms with E-state index in [2.05, 4.69) is 5.32 Å². The molecule has 0 aromatic heterocycles. The fourth-order valence-corrected chi connectivity index (χ4v) is 3.23. The quantitative estimate of drug-likeness (QED) is 0.462. The Hall–Kier alpha value is -1.87. The first-order valence-corrected chi connectivity index (χ1v) is 8.88. The summed E-state index contributed by atoms with van der Waals surface area (Å²) in [5, 5.41) is 3.13. The Labute approximate surface area is 166 Å². The van der Waals surface area contributed by atoms with Crippen LogP contribution in [0.4, 0.5) is 0 Å². The Morgan fingerprint density at radius 2 is 1.44 bits per heavy atom. The molecule has 10 heteroatoms. The van der Waals surface area contributed by atoms with Crippen molar-refractivity contribution >= 4 is 36.0 Å². The number of carbonyl (C=O) groups excluding carboxylic acids is 4. The summed E-state index contributed by atoms with van der Waals surface area (Å²) in [5.74, 6) is -1.78. The number of hydrogen-bond acceptors (Lipinski definition) is 5. The van der Waals surface area contributed by atoms with Gasteiger partial charge in [-0.05, 0) is 40.7 Å². The van der Waals surface area contributed by atoms with Crippen LogP contribution in [0.1, 0.15) is 40.5 Å². The molecule has 0 bridgehead atoms. The third-order valence-corrected chi connectivity index (χ3v) is 4.67. The van der Waals surface area contributed by atoms with Crippen LogP contribution in [-0.4, -0.2) is 71.7 Å². The Kier molecular flexibility index (Phi) is 9.74. The van der Waals surface area contributed by atoms with Crippen LogP contribution in [0.5, 0.6) is 0 Å². The minimum Gasteiger partial charge on any atom is -0.368 e. The van der Waals surface area contributed by atoms with Crippen LogP contribution in [0, 0.1) is 5.41 Å². The predicted molar refractivity (Wildman–Crippen MR) is 104 cm³/mol. The Bertz CT molecular complexity index is 562. The molecular formula is C17H32ClN5O4. The first kappa shape index (κ1) is 25.1. The summed E-state index contributed by atoms with van der Waals surface area (Å²) in [6.45, 7) is 7.72. The number of nitrogens with one attached hydrogen (secondary N) is 1. The average Bonchev–Trinajstić information content (AvgIpc) is 2.98. The Morgan fingerprint density at radius 1 is 0.963 bits per heavy atom. The summed E-state index contributed by atoms with van der Waals surface area (Å²) in [5.41, 5.74) is 9.56. The van der Waals surface area contributed by atoms with E-state index in [1.165, 1.54) is 9.80 Å². The Balaban J connectivity index is 0.00000676. The van der Waals surface area contributed by atoms with E-state index in [0.717, 1.165) is 0 Å². The lowest BCUT2D eigenvalue weighted by molar-refractivity contribution is -0.151. The second kappa shape index (κ2) is 10.5. The van der Waals surface area contributed by atoms with Crippen molar-refractivity contribution in [1.82, 2.24) is 15.1 Å². The topological polar surface area (TPSA) is 139 Å². The summed E-state index contributed by atoms with van der Waals surface area (Å²) in [6, 6.07) is -0.447. The molecule has 0 saturated carbocycles. The molecule has 1 aliphatic rings. The van der Waals surface area contributed by atoms with Crippen LogP contribution in [0.25, 0.3) is 0 Å². The minimum absolute atomic E-state index is 0. The van der Waals surface area contributed by atoms with Crippen LogP contribution in [0.2, 0.25) is 0 Å². The van der Waals surface area contributed by atoms with Crippen molar-refractivity contribution in [1.29, 1.82) is 0 Å². The summed E-state index contributed by atoms with van der Waals surface area (Å²) in [4.78, 5) is 51.5. The molecule has 0 aromatic rings. The number of nitrogens with zero attached hydrogens (tertiary/aromatic N) is 2. The predicted octanol–water partition coefficient (Wildman–Crippen LogP) is -0.777. The lowest BCUT2D eigenvalue weighted by Gasteiger charge is -2.37. The molecule has 0 radical (unpaired) electrons. The van der Waals surface area contributed by atoms with Gasteiger partial charge >= 0.3 is 0 Å². The molecule has 1 unspecified atom stereocenters. The van der Waals surface area contributed by atoms with Crippen LogP contribution in [0.3, 0.4) is 0 Å². The van der Waals surface area contributed by atoms with Crippen molar-refractivity contribution in [3.8, 4) is 0 Å². The first-order valence-electron chi connectivity index (χ1n) is 8.88. The number of nitrogens with two attached hydrogens (primary N) is 2. The van der Waals surface area contributed by atoms with Crippen molar-refractivity contribution < 1.29 is 19.2 Å². The smallest absolute Gasteiger partial charge is 0.237 e. The highest BCUT2D eigenvalue weighted by molar-refractivity contribution is 5.93. The summed E-state index contributed by atoms with van der Waals surface area (Å²) < 4.78 is 0. The molecule has 1 rings (SSSR count). The zero-order valence-electron chi connectivity index (χ0n) is 16.5. The Morgan fingerprint density at radius 3 is 1.81 bits per heavy atom. The van der Waals surface area contributed by atoms with E-state index >= 15 is 0 Å². The third-order valence-electron chi connectivity index (χ3n) is 4.67. The maximum atomic E-state index is 13.2. The summed E-state index contributed by atoms with van der Waals surface area (Å²) in [7, 11) is 0. The highest BCUT2D eigenvalue weighted by atomic mass is 35.5. The van der Waals surface area contributed by atoms with Gasteiger partial charge in [0.25, 0.3) is 0 Å². The van der Waals surface area contributed by atoms with Crippen molar-refractivity contribution in [3.63, 3.8) is 0 Å². The standard InChI is InChI=1S/C17H31N5O4.ClH/c1-11(2)21(8-13(18)23)15(25)7-17(5-6-20-10-17)16(26)22(12(3)4)9-14(19)24;/h11-12,20H,5-10H2,1-4H3,(H2,18,23)(H2,19,24);1H. The second-order valence-electron chi connectivity index (χ2n) is 7.46. The molecule has 9 nitrogen and oxygen atoms in total. The zero-order valence-corrected chi connectivity index (χ0v) is 17.3. The molecule has 0 spiro atoms. The molecule has 1 atom stereocenters. The van der Waals surface area contributed by atoms with Crippen molar-refractivity contribution in [3.05, 3.63) is 0 Å². The number of carbonyl (C=O) groups is 4. The van der Waals surface area contributed by atoms with E-state index in [4.69, 9.17) is 11.5 Å². The zero-order chi connectivity index (χ0) is 20.1. The molecule has 5 N–H and O–H groups in total. The van der Waals surface area contributed by atoms with E-state index < -0.39 is 17.2 Å². The van der Waals surface area contributed by atoms with Gasteiger partial charge in [-0.15, -0.1) is 12.4 Å². The SMILES string of the molecule is CC(C)N(CC(N)=O)C(=O)CC1(C(=O)N(CC(N)=O)C(C)C)CCNC1.Cl. The molecular weight excluding hydrogens is 374 g/mol. The number of amides is 4. The van der Waals surface area contributed by atoms with Gasteiger partial charge in [0.2, 0.25) is 23.6 Å². The molecule has 0 aliphatic carbocycles. The van der Waals surface area contributed by atoms with Crippen LogP contribution < -0.4 is 16.8 Å². The highest BCUT2D eigenvalue weighted by Gasteiger charge is 2.46. The van der Waals surface area contributed by atoms with Gasteiger partial charge in [-0.3, -0.25) is 19.2 Å². The van der Waals surface area contributed by atoms with E-state index in [9.17, 15) is 19.2 Å². The van der Waals surface area contributed by atoms with Gasteiger partial charge in [0.05, 0.1) is 18.5 Å². The van der Waals surface area contributed by atoms with Gasteiger partial charge in [-0.2, -0.15) is 0 Å². The molecule has 4 amide bonds. The lowest BCUT2D eigenvalue weighted by atomic mass is 9.81. The van der Waals surface area contributed by atoms with Crippen molar-refractivity contribution in [2.45, 2.75) is 52.6 Å². The summed E-state index contributed by atoms with van der Waals surface area (Å²) >= 11 is 0. The number of rotatable bonds is 9. The maximum Gasteiger partial charge on any atom is 0.237 e. The fraction of sp³-hybridized carbons (Fsp3) is 0.765. The largest absolute Gasteiger partial charge is 0.368 e.